The Kier molecular flexibility index (Phi) is 7.26. The molecule has 26 heavy (non-hydrogen) atoms. The minimum atomic E-state index is -0.371. The number of methoxy groups -OCH3 is 3. The van der Waals surface area contributed by atoms with Crippen LogP contribution in [0, 0.1) is 5.92 Å². The lowest BCUT2D eigenvalue weighted by Gasteiger charge is -2.40. The van der Waals surface area contributed by atoms with E-state index >= 15 is 0 Å². The van der Waals surface area contributed by atoms with Crippen LogP contribution in [0.1, 0.15) is 31.4 Å². The first kappa shape index (κ1) is 20.0. The Bertz CT molecular complexity index is 634. The second kappa shape index (κ2) is 9.43. The van der Waals surface area contributed by atoms with Crippen molar-refractivity contribution in [3.8, 4) is 11.5 Å². The minimum Gasteiger partial charge on any atom is -0.497 e. The van der Waals surface area contributed by atoms with E-state index in [9.17, 15) is 9.59 Å². The Morgan fingerprint density at radius 2 is 2.04 bits per heavy atom. The van der Waals surface area contributed by atoms with Gasteiger partial charge in [-0.2, -0.15) is 0 Å². The van der Waals surface area contributed by atoms with Gasteiger partial charge in [0.2, 0.25) is 11.8 Å². The number of piperidine rings is 1. The second-order valence-corrected chi connectivity index (χ2v) is 6.16. The summed E-state index contributed by atoms with van der Waals surface area (Å²) in [4.78, 5) is 27.0. The van der Waals surface area contributed by atoms with Gasteiger partial charge in [-0.3, -0.25) is 9.59 Å². The zero-order chi connectivity index (χ0) is 19.1. The van der Waals surface area contributed by atoms with E-state index in [0.29, 0.717) is 44.0 Å². The van der Waals surface area contributed by atoms with E-state index in [1.54, 1.807) is 32.3 Å². The van der Waals surface area contributed by atoms with Crippen LogP contribution >= 0.6 is 0 Å². The van der Waals surface area contributed by atoms with Gasteiger partial charge in [-0.15, -0.1) is 0 Å². The molecule has 1 N–H and O–H groups in total. The molecule has 7 heteroatoms. The average Bonchev–Trinajstić information content (AvgIpc) is 2.67. The van der Waals surface area contributed by atoms with Crippen LogP contribution in [0.2, 0.25) is 0 Å². The lowest BCUT2D eigenvalue weighted by atomic mass is 9.83. The fourth-order valence-electron chi connectivity index (χ4n) is 3.46. The van der Waals surface area contributed by atoms with E-state index in [1.165, 1.54) is 0 Å². The number of ether oxygens (including phenoxy) is 3. The van der Waals surface area contributed by atoms with Gasteiger partial charge in [0.25, 0.3) is 0 Å². The summed E-state index contributed by atoms with van der Waals surface area (Å²) in [5.41, 5.74) is 0.815. The Balaban J connectivity index is 2.39. The zero-order valence-electron chi connectivity index (χ0n) is 15.9. The molecule has 1 heterocycles. The summed E-state index contributed by atoms with van der Waals surface area (Å²) < 4.78 is 15.8. The summed E-state index contributed by atoms with van der Waals surface area (Å²) in [6.45, 7) is 3.34. The molecule has 2 rings (SSSR count). The molecule has 7 nitrogen and oxygen atoms in total. The normalized spacial score (nSPS) is 20.0. The van der Waals surface area contributed by atoms with Crippen molar-refractivity contribution in [1.82, 2.24) is 10.2 Å². The molecule has 1 aromatic rings. The number of amides is 2. The van der Waals surface area contributed by atoms with E-state index in [0.717, 1.165) is 5.56 Å². The van der Waals surface area contributed by atoms with Crippen LogP contribution in [0.3, 0.4) is 0 Å². The summed E-state index contributed by atoms with van der Waals surface area (Å²) >= 11 is 0. The summed E-state index contributed by atoms with van der Waals surface area (Å²) in [6, 6.07) is 5.11. The largest absolute Gasteiger partial charge is 0.497 e. The maximum absolute atomic E-state index is 12.8. The molecule has 1 aromatic carbocycles. The molecule has 0 radical (unpaired) electrons. The number of hydrogen-bond acceptors (Lipinski definition) is 5. The number of carbonyl (C=O) groups excluding carboxylic acids is 2. The molecule has 1 fully saturated rings. The molecule has 0 saturated carbocycles. The molecule has 0 unspecified atom stereocenters. The van der Waals surface area contributed by atoms with Gasteiger partial charge in [-0.05, 0) is 25.5 Å². The molecule has 0 aliphatic carbocycles. The molecule has 0 bridgehead atoms. The van der Waals surface area contributed by atoms with Crippen molar-refractivity contribution in [3.05, 3.63) is 23.8 Å². The third-order valence-electron chi connectivity index (χ3n) is 4.75. The highest BCUT2D eigenvalue weighted by atomic mass is 16.5. The maximum atomic E-state index is 12.8. The first-order valence-electron chi connectivity index (χ1n) is 8.85. The smallest absolute Gasteiger partial charge is 0.225 e. The van der Waals surface area contributed by atoms with Crippen molar-refractivity contribution >= 4 is 11.8 Å². The highest BCUT2D eigenvalue weighted by Gasteiger charge is 2.41. The van der Waals surface area contributed by atoms with Crippen molar-refractivity contribution in [2.24, 2.45) is 5.92 Å². The van der Waals surface area contributed by atoms with Crippen molar-refractivity contribution in [1.29, 1.82) is 0 Å². The summed E-state index contributed by atoms with van der Waals surface area (Å²) in [7, 11) is 4.76. The predicted molar refractivity (Wildman–Crippen MR) is 97.3 cm³/mol. The predicted octanol–water partition coefficient (Wildman–Crippen LogP) is 1.77. The van der Waals surface area contributed by atoms with Crippen LogP contribution in [0.15, 0.2) is 18.2 Å². The van der Waals surface area contributed by atoms with E-state index in [-0.39, 0.29) is 23.8 Å². The van der Waals surface area contributed by atoms with Crippen molar-refractivity contribution < 1.29 is 23.8 Å². The molecule has 2 atom stereocenters. The fourth-order valence-corrected chi connectivity index (χ4v) is 3.46. The molecule has 0 spiro atoms. The molecule has 144 valence electrons. The first-order chi connectivity index (χ1) is 12.6. The van der Waals surface area contributed by atoms with Gasteiger partial charge in [-0.1, -0.05) is 0 Å². The van der Waals surface area contributed by atoms with Gasteiger partial charge in [-0.25, -0.2) is 0 Å². The monoisotopic (exact) mass is 364 g/mol. The number of likely N-dealkylation sites (tertiary alicyclic amines) is 1. The first-order valence-corrected chi connectivity index (χ1v) is 8.85. The number of benzene rings is 1. The van der Waals surface area contributed by atoms with Crippen LogP contribution in [0.5, 0.6) is 11.5 Å². The Morgan fingerprint density at radius 3 is 2.65 bits per heavy atom. The fraction of sp³-hybridized carbons (Fsp3) is 0.579. The van der Waals surface area contributed by atoms with Gasteiger partial charge in [0.1, 0.15) is 11.5 Å². The molecular formula is C19H28N2O5. The Labute approximate surface area is 154 Å². The van der Waals surface area contributed by atoms with Gasteiger partial charge < -0.3 is 24.4 Å². The van der Waals surface area contributed by atoms with E-state index in [4.69, 9.17) is 14.2 Å². The molecule has 2 amide bonds. The average molecular weight is 364 g/mol. The number of hydrogen-bond donors (Lipinski definition) is 1. The van der Waals surface area contributed by atoms with Crippen LogP contribution in [0.4, 0.5) is 0 Å². The van der Waals surface area contributed by atoms with Gasteiger partial charge in [0.15, 0.2) is 0 Å². The third kappa shape index (κ3) is 4.27. The summed E-state index contributed by atoms with van der Waals surface area (Å²) in [5, 5.41) is 2.91. The number of carbonyl (C=O) groups is 2. The minimum absolute atomic E-state index is 0.0521. The standard InChI is InChI=1S/C19H28N2O5/c1-5-21-17(22)9-8-15(19(23)20-10-11-24-2)18(21)14-7-6-13(25-3)12-16(14)26-4/h6-7,12,15,18H,5,8-11H2,1-4H3,(H,20,23)/t15-,18+/m1/s1. The summed E-state index contributed by atoms with van der Waals surface area (Å²) in [5.74, 6) is 0.910. The Morgan fingerprint density at radius 1 is 1.27 bits per heavy atom. The van der Waals surface area contributed by atoms with Gasteiger partial charge >= 0.3 is 0 Å². The van der Waals surface area contributed by atoms with Crippen LogP contribution in [0.25, 0.3) is 0 Å². The number of nitrogens with one attached hydrogen (secondary N) is 1. The lowest BCUT2D eigenvalue weighted by molar-refractivity contribution is -0.143. The van der Waals surface area contributed by atoms with Gasteiger partial charge in [0, 0.05) is 38.2 Å². The SMILES string of the molecule is CCN1C(=O)CC[C@@H](C(=O)NCCOC)[C@@H]1c1ccc(OC)cc1OC. The van der Waals surface area contributed by atoms with Gasteiger partial charge in [0.05, 0.1) is 32.8 Å². The summed E-state index contributed by atoms with van der Waals surface area (Å²) in [6.07, 6.45) is 0.874. The highest BCUT2D eigenvalue weighted by Crippen LogP contribution is 2.41. The van der Waals surface area contributed by atoms with Crippen LogP contribution < -0.4 is 14.8 Å². The molecule has 1 saturated heterocycles. The van der Waals surface area contributed by atoms with Crippen molar-refractivity contribution in [2.45, 2.75) is 25.8 Å². The quantitative estimate of drug-likeness (QED) is 0.712. The topological polar surface area (TPSA) is 77.1 Å². The van der Waals surface area contributed by atoms with Crippen molar-refractivity contribution in [2.75, 3.05) is 41.0 Å². The molecular weight excluding hydrogens is 336 g/mol. The lowest BCUT2D eigenvalue weighted by Crippen LogP contribution is -2.48. The number of rotatable bonds is 8. The van der Waals surface area contributed by atoms with E-state index in [1.807, 2.05) is 19.1 Å². The van der Waals surface area contributed by atoms with Crippen molar-refractivity contribution in [3.63, 3.8) is 0 Å². The number of nitrogens with zero attached hydrogens (tertiary/aromatic N) is 1. The maximum Gasteiger partial charge on any atom is 0.225 e. The van der Waals surface area contributed by atoms with Crippen LogP contribution in [-0.4, -0.2) is 57.7 Å². The second-order valence-electron chi connectivity index (χ2n) is 6.16. The molecule has 1 aliphatic heterocycles. The molecule has 0 aromatic heterocycles. The third-order valence-corrected chi connectivity index (χ3v) is 4.75. The highest BCUT2D eigenvalue weighted by molar-refractivity contribution is 5.85. The Hall–Kier alpha value is -2.28. The zero-order valence-corrected chi connectivity index (χ0v) is 15.9. The van der Waals surface area contributed by atoms with E-state index in [2.05, 4.69) is 5.32 Å². The van der Waals surface area contributed by atoms with E-state index < -0.39 is 0 Å². The molecule has 1 aliphatic rings. The van der Waals surface area contributed by atoms with Crippen LogP contribution in [-0.2, 0) is 14.3 Å².